The molecule has 0 atom stereocenters. The fraction of sp³-hybridized carbons (Fsp3) is 0.308. The van der Waals surface area contributed by atoms with Gasteiger partial charge in [0.2, 0.25) is 0 Å². The molecule has 0 bridgehead atoms. The first kappa shape index (κ1) is 9.46. The van der Waals surface area contributed by atoms with Crippen molar-refractivity contribution >= 4 is 0 Å². The minimum atomic E-state index is -0.00338. The standard InChI is InChI=1S/C13H14N2O/c1-15-12(6-9-14-15)13(7-8-13)10-4-2-3-5-11(10)16/h2-6,9,16H,7-8H2,1H3. The summed E-state index contributed by atoms with van der Waals surface area (Å²) in [5, 5.41) is 14.2. The highest BCUT2D eigenvalue weighted by atomic mass is 16.3. The van der Waals surface area contributed by atoms with Crippen LogP contribution < -0.4 is 0 Å². The Morgan fingerprint density at radius 2 is 2.00 bits per heavy atom. The van der Waals surface area contributed by atoms with Crippen LogP contribution in [0.4, 0.5) is 0 Å². The Labute approximate surface area is 94.3 Å². The molecule has 0 spiro atoms. The van der Waals surface area contributed by atoms with Gasteiger partial charge in [0.1, 0.15) is 5.75 Å². The number of para-hydroxylation sites is 1. The van der Waals surface area contributed by atoms with E-state index in [0.717, 1.165) is 18.4 Å². The molecule has 0 unspecified atom stereocenters. The van der Waals surface area contributed by atoms with Crippen LogP contribution in [0.15, 0.2) is 36.5 Å². The van der Waals surface area contributed by atoms with Gasteiger partial charge in [-0.05, 0) is 25.0 Å². The van der Waals surface area contributed by atoms with E-state index in [-0.39, 0.29) is 5.41 Å². The zero-order valence-electron chi connectivity index (χ0n) is 9.22. The fourth-order valence-corrected chi connectivity index (χ4v) is 2.51. The van der Waals surface area contributed by atoms with E-state index in [0.29, 0.717) is 5.75 Å². The van der Waals surface area contributed by atoms with Crippen molar-refractivity contribution in [2.24, 2.45) is 7.05 Å². The third kappa shape index (κ3) is 1.18. The van der Waals surface area contributed by atoms with Gasteiger partial charge in [0.05, 0.1) is 0 Å². The predicted octanol–water partition coefficient (Wildman–Crippen LogP) is 2.21. The Morgan fingerprint density at radius 1 is 1.25 bits per heavy atom. The summed E-state index contributed by atoms with van der Waals surface area (Å²) in [6.07, 6.45) is 3.99. The summed E-state index contributed by atoms with van der Waals surface area (Å²) in [5.41, 5.74) is 2.21. The Kier molecular flexibility index (Phi) is 1.84. The molecule has 0 amide bonds. The van der Waals surface area contributed by atoms with E-state index in [1.54, 1.807) is 6.07 Å². The molecule has 1 N–H and O–H groups in total. The van der Waals surface area contributed by atoms with Crippen LogP contribution in [0.1, 0.15) is 24.1 Å². The van der Waals surface area contributed by atoms with Crippen molar-refractivity contribution in [2.45, 2.75) is 18.3 Å². The molecule has 3 rings (SSSR count). The minimum absolute atomic E-state index is 0.00338. The van der Waals surface area contributed by atoms with Gasteiger partial charge in [-0.1, -0.05) is 18.2 Å². The molecule has 1 aliphatic rings. The summed E-state index contributed by atoms with van der Waals surface area (Å²) >= 11 is 0. The molecule has 0 saturated heterocycles. The molecule has 1 aromatic heterocycles. The van der Waals surface area contributed by atoms with E-state index in [1.165, 1.54) is 5.69 Å². The van der Waals surface area contributed by atoms with Crippen LogP contribution in [-0.2, 0) is 12.5 Å². The van der Waals surface area contributed by atoms with E-state index in [2.05, 4.69) is 5.10 Å². The maximum Gasteiger partial charge on any atom is 0.119 e. The van der Waals surface area contributed by atoms with Gasteiger partial charge in [-0.2, -0.15) is 5.10 Å². The summed E-state index contributed by atoms with van der Waals surface area (Å²) in [5.74, 6) is 0.390. The van der Waals surface area contributed by atoms with Gasteiger partial charge in [0.25, 0.3) is 0 Å². The molecule has 0 aliphatic heterocycles. The number of aryl methyl sites for hydroxylation is 1. The molecule has 1 saturated carbocycles. The third-order valence-corrected chi connectivity index (χ3v) is 3.48. The number of phenols is 1. The van der Waals surface area contributed by atoms with Gasteiger partial charge >= 0.3 is 0 Å². The topological polar surface area (TPSA) is 38.0 Å². The summed E-state index contributed by atoms with van der Waals surface area (Å²) in [7, 11) is 1.95. The van der Waals surface area contributed by atoms with Crippen LogP contribution in [0, 0.1) is 0 Å². The highest BCUT2D eigenvalue weighted by Gasteiger charge is 2.49. The lowest BCUT2D eigenvalue weighted by molar-refractivity contribution is 0.461. The lowest BCUT2D eigenvalue weighted by Crippen LogP contribution is -2.14. The molecular weight excluding hydrogens is 200 g/mol. The smallest absolute Gasteiger partial charge is 0.119 e. The van der Waals surface area contributed by atoms with Gasteiger partial charge in [0, 0.05) is 29.9 Å². The number of aromatic nitrogens is 2. The van der Waals surface area contributed by atoms with Crippen LogP contribution in [0.3, 0.4) is 0 Å². The van der Waals surface area contributed by atoms with Gasteiger partial charge in [0.15, 0.2) is 0 Å². The van der Waals surface area contributed by atoms with Crippen LogP contribution in [-0.4, -0.2) is 14.9 Å². The quantitative estimate of drug-likeness (QED) is 0.832. The van der Waals surface area contributed by atoms with E-state index < -0.39 is 0 Å². The highest BCUT2D eigenvalue weighted by Crippen LogP contribution is 2.55. The first-order valence-electron chi connectivity index (χ1n) is 5.51. The predicted molar refractivity (Wildman–Crippen MR) is 61.3 cm³/mol. The van der Waals surface area contributed by atoms with E-state index in [4.69, 9.17) is 0 Å². The Morgan fingerprint density at radius 3 is 2.56 bits per heavy atom. The zero-order chi connectivity index (χ0) is 11.2. The van der Waals surface area contributed by atoms with Crippen molar-refractivity contribution in [3.63, 3.8) is 0 Å². The number of nitrogens with zero attached hydrogens (tertiary/aromatic N) is 2. The Bertz CT molecular complexity index is 526. The van der Waals surface area contributed by atoms with Crippen molar-refractivity contribution < 1.29 is 5.11 Å². The molecule has 82 valence electrons. The van der Waals surface area contributed by atoms with Gasteiger partial charge in [-0.3, -0.25) is 4.68 Å². The van der Waals surface area contributed by atoms with Crippen LogP contribution in [0.25, 0.3) is 0 Å². The number of aromatic hydroxyl groups is 1. The lowest BCUT2D eigenvalue weighted by Gasteiger charge is -2.17. The molecule has 16 heavy (non-hydrogen) atoms. The molecule has 1 fully saturated rings. The van der Waals surface area contributed by atoms with Gasteiger partial charge in [-0.25, -0.2) is 0 Å². The second-order valence-electron chi connectivity index (χ2n) is 4.44. The van der Waals surface area contributed by atoms with Crippen LogP contribution >= 0.6 is 0 Å². The normalized spacial score (nSPS) is 17.3. The fourth-order valence-electron chi connectivity index (χ4n) is 2.51. The SMILES string of the molecule is Cn1nccc1C1(c2ccccc2O)CC1. The maximum absolute atomic E-state index is 9.95. The minimum Gasteiger partial charge on any atom is -0.508 e. The average Bonchev–Trinajstić information content (AvgIpc) is 2.96. The maximum atomic E-state index is 9.95. The Hall–Kier alpha value is -1.77. The average molecular weight is 214 g/mol. The summed E-state index contributed by atoms with van der Waals surface area (Å²) in [4.78, 5) is 0. The van der Waals surface area contributed by atoms with Crippen molar-refractivity contribution in [1.82, 2.24) is 9.78 Å². The molecule has 3 nitrogen and oxygen atoms in total. The molecule has 1 aromatic carbocycles. The van der Waals surface area contributed by atoms with Crippen LogP contribution in [0.5, 0.6) is 5.75 Å². The van der Waals surface area contributed by atoms with Gasteiger partial charge in [-0.15, -0.1) is 0 Å². The third-order valence-electron chi connectivity index (χ3n) is 3.48. The number of hydrogen-bond acceptors (Lipinski definition) is 2. The summed E-state index contributed by atoms with van der Waals surface area (Å²) < 4.78 is 1.90. The Balaban J connectivity index is 2.14. The molecular formula is C13H14N2O. The highest BCUT2D eigenvalue weighted by molar-refractivity contribution is 5.48. The lowest BCUT2D eigenvalue weighted by atomic mass is 9.91. The van der Waals surface area contributed by atoms with Crippen molar-refractivity contribution in [1.29, 1.82) is 0 Å². The van der Waals surface area contributed by atoms with Gasteiger partial charge < -0.3 is 5.11 Å². The van der Waals surface area contributed by atoms with Crippen molar-refractivity contribution in [3.8, 4) is 5.75 Å². The second-order valence-corrected chi connectivity index (χ2v) is 4.44. The second kappa shape index (κ2) is 3.11. The number of phenolic OH excluding ortho intramolecular Hbond substituents is 1. The number of hydrogen-bond donors (Lipinski definition) is 1. The number of rotatable bonds is 2. The largest absolute Gasteiger partial charge is 0.508 e. The summed E-state index contributed by atoms with van der Waals surface area (Å²) in [6, 6.07) is 9.64. The van der Waals surface area contributed by atoms with Crippen molar-refractivity contribution in [2.75, 3.05) is 0 Å². The van der Waals surface area contributed by atoms with E-state index in [1.807, 2.05) is 42.2 Å². The first-order chi connectivity index (χ1) is 7.74. The molecule has 2 aromatic rings. The first-order valence-corrected chi connectivity index (χ1v) is 5.51. The van der Waals surface area contributed by atoms with Crippen molar-refractivity contribution in [3.05, 3.63) is 47.8 Å². The molecule has 1 aliphatic carbocycles. The van der Waals surface area contributed by atoms with E-state index >= 15 is 0 Å². The number of benzene rings is 1. The van der Waals surface area contributed by atoms with E-state index in [9.17, 15) is 5.11 Å². The zero-order valence-corrected chi connectivity index (χ0v) is 9.22. The summed E-state index contributed by atoms with van der Waals surface area (Å²) in [6.45, 7) is 0. The monoisotopic (exact) mass is 214 g/mol. The molecule has 1 heterocycles. The molecule has 3 heteroatoms. The van der Waals surface area contributed by atoms with Crippen LogP contribution in [0.2, 0.25) is 0 Å². The molecule has 0 radical (unpaired) electrons.